The summed E-state index contributed by atoms with van der Waals surface area (Å²) in [5.41, 5.74) is -0.118. The fourth-order valence-corrected chi connectivity index (χ4v) is 3.02. The molecule has 0 aliphatic carbocycles. The van der Waals surface area contributed by atoms with Crippen molar-refractivity contribution in [3.05, 3.63) is 57.0 Å². The van der Waals surface area contributed by atoms with Crippen molar-refractivity contribution in [1.82, 2.24) is 10.2 Å². The number of piperidine rings is 1. The Hall–Kier alpha value is -2.58. The van der Waals surface area contributed by atoms with Crippen LogP contribution in [0.1, 0.15) is 29.2 Å². The maximum atomic E-state index is 12.3. The van der Waals surface area contributed by atoms with Crippen LogP contribution in [0.15, 0.2) is 34.7 Å². The molecule has 1 N–H and O–H groups in total. The zero-order valence-electron chi connectivity index (χ0n) is 14.8. The first-order chi connectivity index (χ1) is 12.9. The van der Waals surface area contributed by atoms with E-state index in [2.05, 4.69) is 17.3 Å². The van der Waals surface area contributed by atoms with E-state index in [9.17, 15) is 14.9 Å². The van der Waals surface area contributed by atoms with Gasteiger partial charge in [0.15, 0.2) is 5.76 Å². The Morgan fingerprint density at radius 1 is 1.37 bits per heavy atom. The average Bonchev–Trinajstić information content (AvgIpc) is 3.12. The largest absolute Gasteiger partial charge is 0.484 e. The van der Waals surface area contributed by atoms with Crippen molar-refractivity contribution >= 4 is 23.2 Å². The van der Waals surface area contributed by atoms with Gasteiger partial charge in [0.05, 0.1) is 16.0 Å². The van der Waals surface area contributed by atoms with E-state index in [4.69, 9.17) is 20.8 Å². The van der Waals surface area contributed by atoms with Crippen LogP contribution in [0.5, 0.6) is 5.75 Å². The van der Waals surface area contributed by atoms with Crippen LogP contribution in [0.4, 0.5) is 5.69 Å². The Labute approximate surface area is 161 Å². The molecule has 27 heavy (non-hydrogen) atoms. The fourth-order valence-electron chi connectivity index (χ4n) is 2.85. The predicted molar refractivity (Wildman–Crippen MR) is 99.1 cm³/mol. The molecule has 1 saturated heterocycles. The Balaban J connectivity index is 1.57. The molecule has 2 heterocycles. The molecular formula is C18H20ClN3O5. The Kier molecular flexibility index (Phi) is 5.98. The van der Waals surface area contributed by atoms with Crippen molar-refractivity contribution in [2.45, 2.75) is 25.5 Å². The second kappa shape index (κ2) is 8.41. The molecule has 1 aromatic heterocycles. The zero-order chi connectivity index (χ0) is 19.4. The van der Waals surface area contributed by atoms with Gasteiger partial charge < -0.3 is 19.4 Å². The lowest BCUT2D eigenvalue weighted by Crippen LogP contribution is -2.43. The number of benzene rings is 1. The summed E-state index contributed by atoms with van der Waals surface area (Å²) in [6.07, 6.45) is 1.81. The van der Waals surface area contributed by atoms with E-state index in [1.165, 1.54) is 18.2 Å². The molecule has 1 fully saturated rings. The normalized spacial score (nSPS) is 15.5. The molecule has 1 amide bonds. The molecule has 1 aromatic carbocycles. The van der Waals surface area contributed by atoms with Crippen LogP contribution >= 0.6 is 11.6 Å². The molecule has 1 aliphatic rings. The Bertz CT molecular complexity index is 830. The fraction of sp³-hybridized carbons (Fsp3) is 0.389. The van der Waals surface area contributed by atoms with E-state index >= 15 is 0 Å². The number of ether oxygens (including phenoxy) is 1. The summed E-state index contributed by atoms with van der Waals surface area (Å²) < 4.78 is 11.0. The number of nitrogens with one attached hydrogen (secondary N) is 1. The van der Waals surface area contributed by atoms with E-state index in [1.807, 2.05) is 0 Å². The molecule has 8 nitrogen and oxygen atoms in total. The van der Waals surface area contributed by atoms with E-state index < -0.39 is 4.92 Å². The third kappa shape index (κ3) is 4.99. The minimum Gasteiger partial charge on any atom is -0.484 e. The monoisotopic (exact) mass is 393 g/mol. The van der Waals surface area contributed by atoms with Gasteiger partial charge in [-0.15, -0.1) is 0 Å². The van der Waals surface area contributed by atoms with Crippen LogP contribution in [-0.4, -0.2) is 41.9 Å². The molecule has 144 valence electrons. The number of amides is 1. The second-order valence-electron chi connectivity index (χ2n) is 6.48. The number of likely N-dealkylation sites (tertiary alicyclic amines) is 1. The number of hydrogen-bond donors (Lipinski definition) is 1. The van der Waals surface area contributed by atoms with Crippen molar-refractivity contribution in [3.63, 3.8) is 0 Å². The minimum atomic E-state index is -0.526. The third-order valence-electron chi connectivity index (χ3n) is 4.43. The molecule has 0 unspecified atom stereocenters. The van der Waals surface area contributed by atoms with Crippen LogP contribution in [0.3, 0.4) is 0 Å². The molecule has 0 spiro atoms. The topological polar surface area (TPSA) is 97.9 Å². The van der Waals surface area contributed by atoms with Gasteiger partial charge in [-0.05, 0) is 51.2 Å². The van der Waals surface area contributed by atoms with Gasteiger partial charge in [-0.25, -0.2) is 0 Å². The highest BCUT2D eigenvalue weighted by atomic mass is 35.5. The number of hydrogen-bond acceptors (Lipinski definition) is 6. The number of furan rings is 1. The molecular weight excluding hydrogens is 374 g/mol. The molecule has 0 atom stereocenters. The lowest BCUT2D eigenvalue weighted by atomic mass is 10.1. The predicted octanol–water partition coefficient (Wildman–Crippen LogP) is 3.24. The molecule has 1 aliphatic heterocycles. The van der Waals surface area contributed by atoms with E-state index in [0.29, 0.717) is 5.76 Å². The zero-order valence-corrected chi connectivity index (χ0v) is 15.6. The van der Waals surface area contributed by atoms with Crippen molar-refractivity contribution < 1.29 is 18.9 Å². The highest BCUT2D eigenvalue weighted by Crippen LogP contribution is 2.29. The second-order valence-corrected chi connectivity index (χ2v) is 6.88. The van der Waals surface area contributed by atoms with Crippen LogP contribution in [0.2, 0.25) is 5.02 Å². The standard InChI is InChI=1S/C18H20ClN3O5/c1-21-8-6-12(7-9-21)20-18(23)16-5-3-14(27-16)11-26-17-10-13(22(24)25)2-4-15(17)19/h2-5,10,12H,6-9,11H2,1H3,(H,20,23). The van der Waals surface area contributed by atoms with Gasteiger partial charge in [-0.2, -0.15) is 0 Å². The lowest BCUT2D eigenvalue weighted by molar-refractivity contribution is -0.384. The van der Waals surface area contributed by atoms with Crippen molar-refractivity contribution in [1.29, 1.82) is 0 Å². The van der Waals surface area contributed by atoms with Gasteiger partial charge in [-0.1, -0.05) is 11.6 Å². The van der Waals surface area contributed by atoms with Crippen molar-refractivity contribution in [2.75, 3.05) is 20.1 Å². The van der Waals surface area contributed by atoms with Gasteiger partial charge in [0.25, 0.3) is 11.6 Å². The van der Waals surface area contributed by atoms with Crippen molar-refractivity contribution in [2.24, 2.45) is 0 Å². The first kappa shape index (κ1) is 19.2. The highest BCUT2D eigenvalue weighted by Gasteiger charge is 2.21. The SMILES string of the molecule is CN1CCC(NC(=O)c2ccc(COc3cc([N+](=O)[O-])ccc3Cl)o2)CC1. The number of nitro benzene ring substituents is 1. The summed E-state index contributed by atoms with van der Waals surface area (Å²) in [7, 11) is 2.06. The number of nitrogens with zero attached hydrogens (tertiary/aromatic N) is 2. The molecule has 0 bridgehead atoms. The molecule has 0 saturated carbocycles. The van der Waals surface area contributed by atoms with Crippen LogP contribution in [-0.2, 0) is 6.61 Å². The number of carbonyl (C=O) groups excluding carboxylic acids is 1. The smallest absolute Gasteiger partial charge is 0.287 e. The Morgan fingerprint density at radius 3 is 2.81 bits per heavy atom. The molecule has 2 aromatic rings. The minimum absolute atomic E-state index is 0.00237. The third-order valence-corrected chi connectivity index (χ3v) is 4.75. The van der Waals surface area contributed by atoms with Gasteiger partial charge in [0, 0.05) is 12.1 Å². The summed E-state index contributed by atoms with van der Waals surface area (Å²) >= 11 is 6.00. The number of non-ortho nitro benzene ring substituents is 1. The quantitative estimate of drug-likeness (QED) is 0.597. The number of carbonyl (C=O) groups is 1. The van der Waals surface area contributed by atoms with E-state index in [1.54, 1.807) is 12.1 Å². The summed E-state index contributed by atoms with van der Waals surface area (Å²) in [6.45, 7) is 1.90. The molecule has 3 rings (SSSR count). The molecule has 9 heteroatoms. The number of halogens is 1. The maximum Gasteiger partial charge on any atom is 0.287 e. The van der Waals surface area contributed by atoms with Gasteiger partial charge in [0.1, 0.15) is 18.1 Å². The first-order valence-electron chi connectivity index (χ1n) is 8.57. The first-order valence-corrected chi connectivity index (χ1v) is 8.95. The van der Waals surface area contributed by atoms with Gasteiger partial charge in [0.2, 0.25) is 0 Å². The Morgan fingerprint density at radius 2 is 2.11 bits per heavy atom. The number of nitro groups is 1. The number of rotatable bonds is 6. The van der Waals surface area contributed by atoms with Crippen LogP contribution < -0.4 is 10.1 Å². The summed E-state index contributed by atoms with van der Waals surface area (Å²) in [6, 6.07) is 7.30. The van der Waals surface area contributed by atoms with E-state index in [0.717, 1.165) is 25.9 Å². The van der Waals surface area contributed by atoms with Gasteiger partial charge >= 0.3 is 0 Å². The molecule has 0 radical (unpaired) electrons. The maximum absolute atomic E-state index is 12.3. The lowest BCUT2D eigenvalue weighted by Gasteiger charge is -2.29. The highest BCUT2D eigenvalue weighted by molar-refractivity contribution is 6.32. The van der Waals surface area contributed by atoms with E-state index in [-0.39, 0.29) is 40.8 Å². The van der Waals surface area contributed by atoms with Gasteiger partial charge in [-0.3, -0.25) is 14.9 Å². The summed E-state index contributed by atoms with van der Waals surface area (Å²) in [4.78, 5) is 24.8. The van der Waals surface area contributed by atoms with Crippen LogP contribution in [0, 0.1) is 10.1 Å². The summed E-state index contributed by atoms with van der Waals surface area (Å²) in [5, 5.41) is 14.1. The summed E-state index contributed by atoms with van der Waals surface area (Å²) in [5.74, 6) is 0.549. The van der Waals surface area contributed by atoms with Crippen molar-refractivity contribution in [3.8, 4) is 5.75 Å². The van der Waals surface area contributed by atoms with Crippen LogP contribution in [0.25, 0.3) is 0 Å². The average molecular weight is 394 g/mol.